The van der Waals surface area contributed by atoms with Crippen molar-refractivity contribution in [3.05, 3.63) is 59.9 Å². The van der Waals surface area contributed by atoms with Crippen LogP contribution in [0.5, 0.6) is 0 Å². The smallest absolute Gasteiger partial charge is 0.238 e. The van der Waals surface area contributed by atoms with Crippen LogP contribution in [0, 0.1) is 6.92 Å². The minimum atomic E-state index is 0. The van der Waals surface area contributed by atoms with Crippen molar-refractivity contribution < 1.29 is 4.79 Å². The first-order chi connectivity index (χ1) is 11.2. The number of hydrogen-bond acceptors (Lipinski definition) is 3. The van der Waals surface area contributed by atoms with Crippen LogP contribution < -0.4 is 5.32 Å². The van der Waals surface area contributed by atoms with Crippen molar-refractivity contribution in [1.82, 2.24) is 9.88 Å². The van der Waals surface area contributed by atoms with E-state index in [9.17, 15) is 4.79 Å². The maximum atomic E-state index is 12.2. The molecule has 0 atom stereocenters. The van der Waals surface area contributed by atoms with E-state index < -0.39 is 0 Å². The van der Waals surface area contributed by atoms with Gasteiger partial charge in [0.05, 0.1) is 6.54 Å². The Morgan fingerprint density at radius 2 is 2.00 bits per heavy atom. The molecule has 0 unspecified atom stereocenters. The zero-order chi connectivity index (χ0) is 16.1. The van der Waals surface area contributed by atoms with Gasteiger partial charge in [-0.25, -0.2) is 0 Å². The van der Waals surface area contributed by atoms with Crippen molar-refractivity contribution >= 4 is 24.0 Å². The number of amides is 1. The highest BCUT2D eigenvalue weighted by molar-refractivity contribution is 5.92. The van der Waals surface area contributed by atoms with Gasteiger partial charge in [0.2, 0.25) is 5.91 Å². The maximum Gasteiger partial charge on any atom is 0.238 e. The molecule has 0 saturated carbocycles. The Labute approximate surface area is 149 Å². The van der Waals surface area contributed by atoms with Gasteiger partial charge < -0.3 is 5.32 Å². The molecule has 1 amide bonds. The van der Waals surface area contributed by atoms with Crippen molar-refractivity contribution in [2.45, 2.75) is 25.7 Å². The lowest BCUT2D eigenvalue weighted by molar-refractivity contribution is -0.117. The van der Waals surface area contributed by atoms with E-state index in [1.807, 2.05) is 49.5 Å². The van der Waals surface area contributed by atoms with Crippen molar-refractivity contribution in [2.75, 3.05) is 25.0 Å². The number of pyridine rings is 1. The quantitative estimate of drug-likeness (QED) is 0.920. The summed E-state index contributed by atoms with van der Waals surface area (Å²) in [5.74, 6) is 0.583. The first kappa shape index (κ1) is 18.4. The summed E-state index contributed by atoms with van der Waals surface area (Å²) in [6.45, 7) is 4.38. The maximum absolute atomic E-state index is 12.2. The third-order valence-electron chi connectivity index (χ3n) is 4.36. The van der Waals surface area contributed by atoms with Gasteiger partial charge in [-0.3, -0.25) is 14.7 Å². The Balaban J connectivity index is 0.00000208. The van der Waals surface area contributed by atoms with Crippen LogP contribution >= 0.6 is 12.4 Å². The van der Waals surface area contributed by atoms with E-state index >= 15 is 0 Å². The summed E-state index contributed by atoms with van der Waals surface area (Å²) in [4.78, 5) is 18.9. The standard InChI is InChI=1S/C19H23N3O.ClH/c1-15-5-4-6-17(13-15)21-19(23)14-22-11-8-16(9-12-22)18-7-2-3-10-20-18;/h2-7,10,13,16H,8-9,11-12,14H2,1H3,(H,21,23);1H. The molecule has 2 aromatic rings. The highest BCUT2D eigenvalue weighted by atomic mass is 35.5. The molecule has 5 heteroatoms. The lowest BCUT2D eigenvalue weighted by atomic mass is 9.93. The SMILES string of the molecule is Cc1cccc(NC(=O)CN2CCC(c3ccccn3)CC2)c1.Cl. The Morgan fingerprint density at radius 1 is 1.21 bits per heavy atom. The van der Waals surface area contributed by atoms with Gasteiger partial charge in [0, 0.05) is 23.5 Å². The number of likely N-dealkylation sites (tertiary alicyclic amines) is 1. The van der Waals surface area contributed by atoms with E-state index in [-0.39, 0.29) is 18.3 Å². The van der Waals surface area contributed by atoms with Crippen LogP contribution in [0.1, 0.15) is 30.0 Å². The third kappa shape index (κ3) is 5.05. The van der Waals surface area contributed by atoms with Crippen molar-refractivity contribution in [3.8, 4) is 0 Å². The molecule has 1 fully saturated rings. The Bertz CT molecular complexity index is 655. The lowest BCUT2D eigenvalue weighted by Crippen LogP contribution is -2.38. The Kier molecular flexibility index (Phi) is 6.76. The Hall–Kier alpha value is -1.91. The minimum absolute atomic E-state index is 0. The molecule has 0 bridgehead atoms. The fraction of sp³-hybridized carbons (Fsp3) is 0.368. The van der Waals surface area contributed by atoms with E-state index in [1.54, 1.807) is 0 Å². The number of benzene rings is 1. The zero-order valence-corrected chi connectivity index (χ0v) is 14.8. The largest absolute Gasteiger partial charge is 0.325 e. The van der Waals surface area contributed by atoms with Crippen LogP contribution in [0.15, 0.2) is 48.7 Å². The van der Waals surface area contributed by atoms with Gasteiger partial charge in [-0.05, 0) is 62.7 Å². The van der Waals surface area contributed by atoms with E-state index in [2.05, 4.69) is 21.3 Å². The molecular weight excluding hydrogens is 322 g/mol. The van der Waals surface area contributed by atoms with Crippen LogP contribution in [0.2, 0.25) is 0 Å². The molecule has 1 N–H and O–H groups in total. The van der Waals surface area contributed by atoms with Crippen LogP contribution in [-0.4, -0.2) is 35.4 Å². The second-order valence-electron chi connectivity index (χ2n) is 6.22. The van der Waals surface area contributed by atoms with Crippen molar-refractivity contribution in [3.63, 3.8) is 0 Å². The number of rotatable bonds is 4. The number of aryl methyl sites for hydroxylation is 1. The number of hydrogen-bond donors (Lipinski definition) is 1. The molecule has 128 valence electrons. The molecule has 3 rings (SSSR count). The molecule has 1 saturated heterocycles. The molecule has 0 spiro atoms. The lowest BCUT2D eigenvalue weighted by Gasteiger charge is -2.31. The van der Waals surface area contributed by atoms with Crippen LogP contribution in [0.4, 0.5) is 5.69 Å². The number of nitrogens with one attached hydrogen (secondary N) is 1. The fourth-order valence-electron chi connectivity index (χ4n) is 3.13. The van der Waals surface area contributed by atoms with Crippen molar-refractivity contribution in [1.29, 1.82) is 0 Å². The predicted octanol–water partition coefficient (Wildman–Crippen LogP) is 3.63. The highest BCUT2D eigenvalue weighted by Crippen LogP contribution is 2.26. The number of halogens is 1. The number of anilines is 1. The van der Waals surface area contributed by atoms with E-state index in [0.717, 1.165) is 37.2 Å². The van der Waals surface area contributed by atoms with Gasteiger partial charge in [0.25, 0.3) is 0 Å². The predicted molar refractivity (Wildman–Crippen MR) is 99.7 cm³/mol. The second kappa shape index (κ2) is 8.81. The minimum Gasteiger partial charge on any atom is -0.325 e. The van der Waals surface area contributed by atoms with Gasteiger partial charge in [-0.15, -0.1) is 12.4 Å². The number of nitrogens with zero attached hydrogens (tertiary/aromatic N) is 2. The van der Waals surface area contributed by atoms with Crippen molar-refractivity contribution in [2.24, 2.45) is 0 Å². The first-order valence-electron chi connectivity index (χ1n) is 8.20. The third-order valence-corrected chi connectivity index (χ3v) is 4.36. The molecule has 1 aliphatic rings. The Morgan fingerprint density at radius 3 is 2.67 bits per heavy atom. The molecule has 2 heterocycles. The molecular formula is C19H24ClN3O. The van der Waals surface area contributed by atoms with Crippen LogP contribution in [0.3, 0.4) is 0 Å². The van der Waals surface area contributed by atoms with Crippen LogP contribution in [-0.2, 0) is 4.79 Å². The van der Waals surface area contributed by atoms with Gasteiger partial charge in [-0.1, -0.05) is 18.2 Å². The molecule has 4 nitrogen and oxygen atoms in total. The zero-order valence-electron chi connectivity index (χ0n) is 13.9. The average Bonchev–Trinajstić information content (AvgIpc) is 2.56. The molecule has 0 radical (unpaired) electrons. The van der Waals surface area contributed by atoms with Gasteiger partial charge >= 0.3 is 0 Å². The van der Waals surface area contributed by atoms with E-state index in [0.29, 0.717) is 12.5 Å². The summed E-state index contributed by atoms with van der Waals surface area (Å²) in [7, 11) is 0. The van der Waals surface area contributed by atoms with Gasteiger partial charge in [-0.2, -0.15) is 0 Å². The van der Waals surface area contributed by atoms with E-state index in [4.69, 9.17) is 0 Å². The molecule has 1 aromatic heterocycles. The summed E-state index contributed by atoms with van der Waals surface area (Å²) in [5, 5.41) is 2.98. The summed E-state index contributed by atoms with van der Waals surface area (Å²) < 4.78 is 0. The molecule has 1 aliphatic heterocycles. The normalized spacial score (nSPS) is 15.5. The topological polar surface area (TPSA) is 45.2 Å². The summed E-state index contributed by atoms with van der Waals surface area (Å²) >= 11 is 0. The van der Waals surface area contributed by atoms with Gasteiger partial charge in [0.1, 0.15) is 0 Å². The fourth-order valence-corrected chi connectivity index (χ4v) is 3.13. The first-order valence-corrected chi connectivity index (χ1v) is 8.20. The molecule has 1 aromatic carbocycles. The summed E-state index contributed by atoms with van der Waals surface area (Å²) in [5.41, 5.74) is 3.20. The second-order valence-corrected chi connectivity index (χ2v) is 6.22. The number of carbonyl (C=O) groups excluding carboxylic acids is 1. The van der Waals surface area contributed by atoms with Crippen LogP contribution in [0.25, 0.3) is 0 Å². The number of aromatic nitrogens is 1. The summed E-state index contributed by atoms with van der Waals surface area (Å²) in [6, 6.07) is 14.0. The monoisotopic (exact) mass is 345 g/mol. The molecule has 24 heavy (non-hydrogen) atoms. The van der Waals surface area contributed by atoms with E-state index in [1.165, 1.54) is 5.69 Å². The summed E-state index contributed by atoms with van der Waals surface area (Å²) in [6.07, 6.45) is 3.99. The number of piperidine rings is 1. The van der Waals surface area contributed by atoms with Gasteiger partial charge in [0.15, 0.2) is 0 Å². The average molecular weight is 346 g/mol. The molecule has 0 aliphatic carbocycles. The number of carbonyl (C=O) groups is 1. The highest BCUT2D eigenvalue weighted by Gasteiger charge is 2.22.